The van der Waals surface area contributed by atoms with E-state index in [1.54, 1.807) is 24.8 Å². The number of amides is 3. The van der Waals surface area contributed by atoms with E-state index in [9.17, 15) is 14.4 Å². The van der Waals surface area contributed by atoms with E-state index in [0.717, 1.165) is 11.3 Å². The average Bonchev–Trinajstić information content (AvgIpc) is 2.43. The molecule has 1 aliphatic heterocycles. The number of imide groups is 1. The molecular weight excluding hydrogens is 276 g/mol. The standard InChI is InChI=1S/C14H16N2O3S/c1-9-13(18)15-12(17)7-16(9)14(19)11-5-3-4-10(6-11)8-20-2/h3-6,9H,7-8H2,1-2H3,(H,15,17,18). The van der Waals surface area contributed by atoms with E-state index < -0.39 is 17.9 Å². The number of rotatable bonds is 3. The molecule has 2 rings (SSSR count). The van der Waals surface area contributed by atoms with Crippen LogP contribution in [0.25, 0.3) is 0 Å². The third kappa shape index (κ3) is 3.01. The van der Waals surface area contributed by atoms with Crippen LogP contribution in [-0.2, 0) is 15.3 Å². The van der Waals surface area contributed by atoms with Crippen LogP contribution in [0.2, 0.25) is 0 Å². The molecule has 1 saturated heterocycles. The molecule has 1 N–H and O–H groups in total. The first-order valence-electron chi connectivity index (χ1n) is 6.25. The minimum Gasteiger partial charge on any atom is -0.318 e. The molecule has 0 aliphatic carbocycles. The molecule has 0 spiro atoms. The first-order chi connectivity index (χ1) is 9.52. The molecule has 1 aliphatic rings. The van der Waals surface area contributed by atoms with Crippen molar-refractivity contribution >= 4 is 29.5 Å². The topological polar surface area (TPSA) is 66.5 Å². The zero-order valence-electron chi connectivity index (χ0n) is 11.4. The van der Waals surface area contributed by atoms with Crippen LogP contribution >= 0.6 is 11.8 Å². The monoisotopic (exact) mass is 292 g/mol. The summed E-state index contributed by atoms with van der Waals surface area (Å²) in [5.74, 6) is -0.351. The number of carbonyl (C=O) groups excluding carboxylic acids is 3. The van der Waals surface area contributed by atoms with Gasteiger partial charge in [0.2, 0.25) is 11.8 Å². The van der Waals surface area contributed by atoms with Crippen LogP contribution in [0.1, 0.15) is 22.8 Å². The maximum atomic E-state index is 12.4. The first kappa shape index (κ1) is 14.6. The average molecular weight is 292 g/mol. The third-order valence-electron chi connectivity index (χ3n) is 3.17. The Labute approximate surface area is 121 Å². The Morgan fingerprint density at radius 3 is 2.90 bits per heavy atom. The number of benzene rings is 1. The van der Waals surface area contributed by atoms with E-state index in [-0.39, 0.29) is 12.5 Å². The van der Waals surface area contributed by atoms with Crippen LogP contribution < -0.4 is 5.32 Å². The molecule has 3 amide bonds. The van der Waals surface area contributed by atoms with Crippen molar-refractivity contribution in [3.63, 3.8) is 0 Å². The van der Waals surface area contributed by atoms with E-state index in [1.807, 2.05) is 24.5 Å². The van der Waals surface area contributed by atoms with Gasteiger partial charge in [0, 0.05) is 11.3 Å². The lowest BCUT2D eigenvalue weighted by atomic mass is 10.1. The number of carbonyl (C=O) groups is 3. The van der Waals surface area contributed by atoms with Crippen molar-refractivity contribution in [2.24, 2.45) is 0 Å². The van der Waals surface area contributed by atoms with Crippen LogP contribution in [0, 0.1) is 0 Å². The fourth-order valence-electron chi connectivity index (χ4n) is 2.09. The van der Waals surface area contributed by atoms with Crippen molar-refractivity contribution in [1.29, 1.82) is 0 Å². The maximum absolute atomic E-state index is 12.4. The fourth-order valence-corrected chi connectivity index (χ4v) is 2.60. The lowest BCUT2D eigenvalue weighted by Gasteiger charge is -2.31. The van der Waals surface area contributed by atoms with Crippen LogP contribution in [0.3, 0.4) is 0 Å². The Kier molecular flexibility index (Phi) is 4.44. The van der Waals surface area contributed by atoms with Gasteiger partial charge in [0.25, 0.3) is 5.91 Å². The van der Waals surface area contributed by atoms with Gasteiger partial charge in [-0.2, -0.15) is 11.8 Å². The fraction of sp³-hybridized carbons (Fsp3) is 0.357. The summed E-state index contributed by atoms with van der Waals surface area (Å²) >= 11 is 1.67. The predicted octanol–water partition coefficient (Wildman–Crippen LogP) is 1.04. The lowest BCUT2D eigenvalue weighted by Crippen LogP contribution is -2.58. The van der Waals surface area contributed by atoms with Gasteiger partial charge in [0.05, 0.1) is 0 Å². The molecule has 0 radical (unpaired) electrons. The second kappa shape index (κ2) is 6.09. The van der Waals surface area contributed by atoms with Crippen LogP contribution in [0.15, 0.2) is 24.3 Å². The summed E-state index contributed by atoms with van der Waals surface area (Å²) in [6, 6.07) is 6.64. The molecule has 1 heterocycles. The molecule has 0 saturated carbocycles. The molecule has 20 heavy (non-hydrogen) atoms. The normalized spacial score (nSPS) is 18.9. The zero-order chi connectivity index (χ0) is 14.7. The van der Waals surface area contributed by atoms with E-state index in [0.29, 0.717) is 5.56 Å². The molecule has 1 unspecified atom stereocenters. The summed E-state index contributed by atoms with van der Waals surface area (Å²) in [5.41, 5.74) is 1.55. The van der Waals surface area contributed by atoms with Crippen molar-refractivity contribution in [3.8, 4) is 0 Å². The number of nitrogens with zero attached hydrogens (tertiary/aromatic N) is 1. The molecular formula is C14H16N2O3S. The van der Waals surface area contributed by atoms with Gasteiger partial charge >= 0.3 is 0 Å². The molecule has 1 fully saturated rings. The number of hydrogen-bond donors (Lipinski definition) is 1. The van der Waals surface area contributed by atoms with E-state index in [1.165, 1.54) is 4.90 Å². The minimum atomic E-state index is -0.635. The molecule has 5 nitrogen and oxygen atoms in total. The second-order valence-electron chi connectivity index (χ2n) is 4.65. The highest BCUT2D eigenvalue weighted by atomic mass is 32.2. The summed E-state index contributed by atoms with van der Waals surface area (Å²) in [6.45, 7) is 1.53. The van der Waals surface area contributed by atoms with E-state index >= 15 is 0 Å². The Morgan fingerprint density at radius 1 is 1.45 bits per heavy atom. The van der Waals surface area contributed by atoms with Gasteiger partial charge in [-0.3, -0.25) is 19.7 Å². The highest BCUT2D eigenvalue weighted by molar-refractivity contribution is 7.97. The maximum Gasteiger partial charge on any atom is 0.255 e. The lowest BCUT2D eigenvalue weighted by molar-refractivity contribution is -0.138. The number of hydrogen-bond acceptors (Lipinski definition) is 4. The van der Waals surface area contributed by atoms with Gasteiger partial charge in [0.15, 0.2) is 0 Å². The largest absolute Gasteiger partial charge is 0.318 e. The summed E-state index contributed by atoms with van der Waals surface area (Å²) in [6.07, 6.45) is 1.99. The minimum absolute atomic E-state index is 0.0848. The van der Waals surface area contributed by atoms with Crippen LogP contribution in [-0.4, -0.2) is 41.5 Å². The number of nitrogens with one attached hydrogen (secondary N) is 1. The van der Waals surface area contributed by atoms with Crippen molar-refractivity contribution in [2.45, 2.75) is 18.7 Å². The van der Waals surface area contributed by atoms with Gasteiger partial charge in [0.1, 0.15) is 12.6 Å². The molecule has 106 valence electrons. The van der Waals surface area contributed by atoms with Crippen molar-refractivity contribution in [2.75, 3.05) is 12.8 Å². The Balaban J connectivity index is 2.23. The molecule has 1 aromatic rings. The third-order valence-corrected chi connectivity index (χ3v) is 3.79. The highest BCUT2D eigenvalue weighted by Gasteiger charge is 2.33. The van der Waals surface area contributed by atoms with Crippen molar-refractivity contribution in [3.05, 3.63) is 35.4 Å². The van der Waals surface area contributed by atoms with Crippen LogP contribution in [0.5, 0.6) is 0 Å². The molecule has 0 aromatic heterocycles. The molecule has 6 heteroatoms. The van der Waals surface area contributed by atoms with Gasteiger partial charge in [-0.05, 0) is 30.9 Å². The number of piperazine rings is 1. The molecule has 0 bridgehead atoms. The Bertz CT molecular complexity index is 559. The Hall–Kier alpha value is -1.82. The van der Waals surface area contributed by atoms with Gasteiger partial charge < -0.3 is 4.90 Å². The van der Waals surface area contributed by atoms with Gasteiger partial charge in [-0.15, -0.1) is 0 Å². The smallest absolute Gasteiger partial charge is 0.255 e. The zero-order valence-corrected chi connectivity index (χ0v) is 12.2. The van der Waals surface area contributed by atoms with Crippen LogP contribution in [0.4, 0.5) is 0 Å². The van der Waals surface area contributed by atoms with E-state index in [4.69, 9.17) is 0 Å². The summed E-state index contributed by atoms with van der Waals surface area (Å²) < 4.78 is 0. The van der Waals surface area contributed by atoms with Gasteiger partial charge in [-0.25, -0.2) is 0 Å². The van der Waals surface area contributed by atoms with E-state index in [2.05, 4.69) is 5.32 Å². The Morgan fingerprint density at radius 2 is 2.20 bits per heavy atom. The van der Waals surface area contributed by atoms with Gasteiger partial charge in [-0.1, -0.05) is 12.1 Å². The molecule has 1 atom stereocenters. The van der Waals surface area contributed by atoms with Crippen molar-refractivity contribution in [1.82, 2.24) is 10.2 Å². The quantitative estimate of drug-likeness (QED) is 0.845. The number of thioether (sulfide) groups is 1. The molecule has 1 aromatic carbocycles. The highest BCUT2D eigenvalue weighted by Crippen LogP contribution is 2.15. The summed E-state index contributed by atoms with van der Waals surface area (Å²) in [4.78, 5) is 36.7. The summed E-state index contributed by atoms with van der Waals surface area (Å²) in [7, 11) is 0. The second-order valence-corrected chi connectivity index (χ2v) is 5.52. The summed E-state index contributed by atoms with van der Waals surface area (Å²) in [5, 5.41) is 2.22. The van der Waals surface area contributed by atoms with Crippen molar-refractivity contribution < 1.29 is 14.4 Å². The predicted molar refractivity (Wildman–Crippen MR) is 77.3 cm³/mol. The SMILES string of the molecule is CSCc1cccc(C(=O)N2CC(=O)NC(=O)C2C)c1. The first-order valence-corrected chi connectivity index (χ1v) is 7.65.